The van der Waals surface area contributed by atoms with E-state index in [2.05, 4.69) is 5.32 Å². The van der Waals surface area contributed by atoms with Gasteiger partial charge in [-0.15, -0.1) is 0 Å². The predicted octanol–water partition coefficient (Wildman–Crippen LogP) is 2.21. The van der Waals surface area contributed by atoms with Crippen molar-refractivity contribution in [1.29, 1.82) is 0 Å². The van der Waals surface area contributed by atoms with Gasteiger partial charge in [0.1, 0.15) is 11.9 Å². The summed E-state index contributed by atoms with van der Waals surface area (Å²) in [5.74, 6) is 0.565. The fourth-order valence-electron chi connectivity index (χ4n) is 2.54. The summed E-state index contributed by atoms with van der Waals surface area (Å²) < 4.78 is 16.2. The van der Waals surface area contributed by atoms with E-state index in [0.717, 1.165) is 6.42 Å². The number of methoxy groups -OCH3 is 2. The third-order valence-electron chi connectivity index (χ3n) is 3.64. The van der Waals surface area contributed by atoms with Crippen LogP contribution >= 0.6 is 0 Å². The Morgan fingerprint density at radius 1 is 1.43 bits per heavy atom. The van der Waals surface area contributed by atoms with Crippen LogP contribution in [0.1, 0.15) is 13.3 Å². The van der Waals surface area contributed by atoms with E-state index < -0.39 is 4.92 Å². The van der Waals surface area contributed by atoms with Crippen molar-refractivity contribution >= 4 is 11.4 Å². The van der Waals surface area contributed by atoms with E-state index in [9.17, 15) is 10.1 Å². The molecule has 1 saturated carbocycles. The van der Waals surface area contributed by atoms with Crippen LogP contribution in [0.4, 0.5) is 11.4 Å². The lowest BCUT2D eigenvalue weighted by molar-refractivity contribution is -0.384. The highest BCUT2D eigenvalue weighted by Gasteiger charge is 2.42. The van der Waals surface area contributed by atoms with E-state index in [0.29, 0.717) is 18.0 Å². The van der Waals surface area contributed by atoms with E-state index in [1.54, 1.807) is 13.2 Å². The van der Waals surface area contributed by atoms with Crippen LogP contribution in [-0.2, 0) is 9.47 Å². The lowest BCUT2D eigenvalue weighted by atomic mass is 9.85. The number of nitrogens with zero attached hydrogens (tertiary/aromatic N) is 1. The van der Waals surface area contributed by atoms with Crippen LogP contribution in [0.2, 0.25) is 0 Å². The van der Waals surface area contributed by atoms with Gasteiger partial charge in [-0.2, -0.15) is 0 Å². The van der Waals surface area contributed by atoms with Gasteiger partial charge in [-0.05, 0) is 19.4 Å². The maximum absolute atomic E-state index is 10.9. The van der Waals surface area contributed by atoms with Crippen molar-refractivity contribution in [3.05, 3.63) is 28.3 Å². The highest BCUT2D eigenvalue weighted by atomic mass is 16.6. The normalized spacial score (nSPS) is 24.2. The summed E-state index contributed by atoms with van der Waals surface area (Å²) in [4.78, 5) is 10.4. The number of benzene rings is 1. The molecule has 3 unspecified atom stereocenters. The number of nitro benzene ring substituents is 1. The maximum atomic E-state index is 10.9. The summed E-state index contributed by atoms with van der Waals surface area (Å²) in [6, 6.07) is 4.52. The molecule has 0 radical (unpaired) electrons. The molecule has 1 fully saturated rings. The first kappa shape index (κ1) is 15.5. The van der Waals surface area contributed by atoms with Crippen molar-refractivity contribution in [2.24, 2.45) is 0 Å². The average Bonchev–Trinajstić information content (AvgIpc) is 2.46. The van der Waals surface area contributed by atoms with Crippen LogP contribution in [0.3, 0.4) is 0 Å². The maximum Gasteiger partial charge on any atom is 0.271 e. The van der Waals surface area contributed by atoms with Gasteiger partial charge in [0.15, 0.2) is 0 Å². The Morgan fingerprint density at radius 3 is 2.76 bits per heavy atom. The topological polar surface area (TPSA) is 82.9 Å². The summed E-state index contributed by atoms with van der Waals surface area (Å²) in [6.45, 7) is 2.58. The molecular weight excluding hydrogens is 276 g/mol. The van der Waals surface area contributed by atoms with E-state index in [1.807, 2.05) is 6.92 Å². The Hall–Kier alpha value is -1.86. The van der Waals surface area contributed by atoms with Gasteiger partial charge in [0.2, 0.25) is 0 Å². The number of nitrogens with one attached hydrogen (secondary N) is 1. The minimum Gasteiger partial charge on any atom is -0.495 e. The Balaban J connectivity index is 2.12. The molecule has 1 aromatic carbocycles. The first-order valence-corrected chi connectivity index (χ1v) is 6.84. The van der Waals surface area contributed by atoms with Gasteiger partial charge in [-0.25, -0.2) is 0 Å². The number of non-ortho nitro benzene ring substituents is 1. The van der Waals surface area contributed by atoms with Crippen molar-refractivity contribution in [2.75, 3.05) is 26.1 Å². The SMILES string of the molecule is CCOC1CC(Nc2cc([N+](=O)[O-])ccc2OC)C1OC. The summed E-state index contributed by atoms with van der Waals surface area (Å²) in [7, 11) is 3.17. The van der Waals surface area contributed by atoms with Crippen molar-refractivity contribution in [3.8, 4) is 5.75 Å². The molecule has 116 valence electrons. The lowest BCUT2D eigenvalue weighted by Gasteiger charge is -2.43. The van der Waals surface area contributed by atoms with Gasteiger partial charge in [-0.3, -0.25) is 10.1 Å². The molecular formula is C14H20N2O5. The predicted molar refractivity (Wildman–Crippen MR) is 77.9 cm³/mol. The second kappa shape index (κ2) is 6.73. The molecule has 1 aliphatic carbocycles. The van der Waals surface area contributed by atoms with Crippen molar-refractivity contribution in [3.63, 3.8) is 0 Å². The number of ether oxygens (including phenoxy) is 3. The molecule has 0 saturated heterocycles. The van der Waals surface area contributed by atoms with Crippen LogP contribution in [0, 0.1) is 10.1 Å². The fraction of sp³-hybridized carbons (Fsp3) is 0.571. The third kappa shape index (κ3) is 3.25. The van der Waals surface area contributed by atoms with Gasteiger partial charge < -0.3 is 19.5 Å². The molecule has 0 bridgehead atoms. The zero-order chi connectivity index (χ0) is 15.4. The Morgan fingerprint density at radius 2 is 2.19 bits per heavy atom. The minimum absolute atomic E-state index is 0.0212. The molecule has 2 rings (SSSR count). The molecule has 3 atom stereocenters. The van der Waals surface area contributed by atoms with Crippen molar-refractivity contribution in [1.82, 2.24) is 0 Å². The average molecular weight is 296 g/mol. The highest BCUT2D eigenvalue weighted by Crippen LogP contribution is 2.35. The zero-order valence-corrected chi connectivity index (χ0v) is 12.4. The number of nitro groups is 1. The smallest absolute Gasteiger partial charge is 0.271 e. The van der Waals surface area contributed by atoms with Gasteiger partial charge in [0, 0.05) is 25.8 Å². The third-order valence-corrected chi connectivity index (χ3v) is 3.64. The number of rotatable bonds is 7. The van der Waals surface area contributed by atoms with Gasteiger partial charge >= 0.3 is 0 Å². The summed E-state index contributed by atoms with van der Waals surface area (Å²) >= 11 is 0. The zero-order valence-electron chi connectivity index (χ0n) is 12.4. The summed E-state index contributed by atoms with van der Waals surface area (Å²) in [5, 5.41) is 14.1. The second-order valence-electron chi connectivity index (χ2n) is 4.82. The molecule has 7 nitrogen and oxygen atoms in total. The lowest BCUT2D eigenvalue weighted by Crippen LogP contribution is -2.56. The number of hydrogen-bond acceptors (Lipinski definition) is 6. The molecule has 0 amide bonds. The van der Waals surface area contributed by atoms with Crippen LogP contribution < -0.4 is 10.1 Å². The standard InChI is InChI=1S/C14H20N2O5/c1-4-21-13-8-11(14(13)20-3)15-10-7-9(16(17)18)5-6-12(10)19-2/h5-7,11,13-15H,4,8H2,1-3H3. The molecule has 21 heavy (non-hydrogen) atoms. The Kier molecular flexibility index (Phi) is 4.98. The van der Waals surface area contributed by atoms with Gasteiger partial charge in [-0.1, -0.05) is 0 Å². The van der Waals surface area contributed by atoms with Crippen LogP contribution in [0.25, 0.3) is 0 Å². The number of anilines is 1. The van der Waals surface area contributed by atoms with Crippen LogP contribution in [0.5, 0.6) is 5.75 Å². The van der Waals surface area contributed by atoms with Crippen LogP contribution in [0.15, 0.2) is 18.2 Å². The van der Waals surface area contributed by atoms with E-state index in [-0.39, 0.29) is 23.9 Å². The summed E-state index contributed by atoms with van der Waals surface area (Å²) in [6.07, 6.45) is 0.772. The minimum atomic E-state index is -0.428. The fourth-order valence-corrected chi connectivity index (χ4v) is 2.54. The van der Waals surface area contributed by atoms with Gasteiger partial charge in [0.25, 0.3) is 5.69 Å². The Labute approximate surface area is 123 Å². The molecule has 0 spiro atoms. The molecule has 1 aliphatic rings. The first-order valence-electron chi connectivity index (χ1n) is 6.84. The molecule has 1 aromatic rings. The molecule has 0 heterocycles. The molecule has 7 heteroatoms. The van der Waals surface area contributed by atoms with E-state index in [4.69, 9.17) is 14.2 Å². The van der Waals surface area contributed by atoms with Crippen LogP contribution in [-0.4, -0.2) is 44.0 Å². The first-order chi connectivity index (χ1) is 10.1. The van der Waals surface area contributed by atoms with Crippen molar-refractivity contribution in [2.45, 2.75) is 31.6 Å². The monoisotopic (exact) mass is 296 g/mol. The molecule has 1 N–H and O–H groups in total. The summed E-state index contributed by atoms with van der Waals surface area (Å²) in [5.41, 5.74) is 0.613. The van der Waals surface area contributed by atoms with Gasteiger partial charge in [0.05, 0.1) is 29.9 Å². The molecule has 0 aromatic heterocycles. The molecule has 0 aliphatic heterocycles. The highest BCUT2D eigenvalue weighted by molar-refractivity contribution is 5.62. The quantitative estimate of drug-likeness (QED) is 0.613. The van der Waals surface area contributed by atoms with E-state index in [1.165, 1.54) is 19.2 Å². The largest absolute Gasteiger partial charge is 0.495 e. The van der Waals surface area contributed by atoms with E-state index >= 15 is 0 Å². The second-order valence-corrected chi connectivity index (χ2v) is 4.82. The Bertz CT molecular complexity index is 508. The van der Waals surface area contributed by atoms with Crippen molar-refractivity contribution < 1.29 is 19.1 Å². The number of hydrogen-bond donors (Lipinski definition) is 1.